The molecule has 3 atom stereocenters. The van der Waals surface area contributed by atoms with Crippen LogP contribution in [-0.4, -0.2) is 17.0 Å². The fourth-order valence-electron chi connectivity index (χ4n) is 2.69. The van der Waals surface area contributed by atoms with E-state index in [1.54, 1.807) is 0 Å². The van der Waals surface area contributed by atoms with Gasteiger partial charge in [0.05, 0.1) is 10.5 Å². The quantitative estimate of drug-likeness (QED) is 0.467. The molecule has 0 aromatic heterocycles. The zero-order valence-corrected chi connectivity index (χ0v) is 9.74. The van der Waals surface area contributed by atoms with Crippen molar-refractivity contribution >= 4 is 11.7 Å². The molecule has 2 aliphatic rings. The molecule has 0 saturated heterocycles. The van der Waals surface area contributed by atoms with Gasteiger partial charge in [-0.1, -0.05) is 0 Å². The summed E-state index contributed by atoms with van der Waals surface area (Å²) >= 11 is 0. The van der Waals surface area contributed by atoms with Crippen LogP contribution in [0.5, 0.6) is 0 Å². The second-order valence-corrected chi connectivity index (χ2v) is 5.06. The molecule has 18 heavy (non-hydrogen) atoms. The Labute approximate surface area is 104 Å². The van der Waals surface area contributed by atoms with E-state index < -0.39 is 4.92 Å². The van der Waals surface area contributed by atoms with Crippen molar-refractivity contribution in [2.75, 3.05) is 0 Å². The van der Waals surface area contributed by atoms with Crippen LogP contribution in [0.4, 0.5) is 5.69 Å². The van der Waals surface area contributed by atoms with Gasteiger partial charge in [-0.3, -0.25) is 10.1 Å². The van der Waals surface area contributed by atoms with Crippen LogP contribution in [0.1, 0.15) is 29.6 Å². The smallest absolute Gasteiger partial charge is 0.338 e. The maximum atomic E-state index is 11.8. The lowest BCUT2D eigenvalue weighted by Gasteiger charge is -2.13. The average molecular weight is 247 g/mol. The van der Waals surface area contributed by atoms with Crippen molar-refractivity contribution in [3.05, 3.63) is 39.9 Å². The van der Waals surface area contributed by atoms with Crippen LogP contribution < -0.4 is 0 Å². The Morgan fingerprint density at radius 2 is 1.78 bits per heavy atom. The van der Waals surface area contributed by atoms with Crippen LogP contribution in [0, 0.1) is 22.0 Å². The summed E-state index contributed by atoms with van der Waals surface area (Å²) in [6.07, 6.45) is 3.27. The fourth-order valence-corrected chi connectivity index (χ4v) is 2.69. The van der Waals surface area contributed by atoms with Crippen molar-refractivity contribution in [2.24, 2.45) is 11.8 Å². The Kier molecular flexibility index (Phi) is 2.54. The molecule has 0 N–H and O–H groups in total. The summed E-state index contributed by atoms with van der Waals surface area (Å²) in [7, 11) is 0. The molecule has 0 amide bonds. The van der Waals surface area contributed by atoms with Gasteiger partial charge in [0.15, 0.2) is 0 Å². The van der Waals surface area contributed by atoms with E-state index in [1.165, 1.54) is 30.7 Å². The molecule has 0 radical (unpaired) electrons. The molecular formula is C13H13NO4. The lowest BCUT2D eigenvalue weighted by molar-refractivity contribution is -0.384. The molecular weight excluding hydrogens is 234 g/mol. The molecule has 2 saturated carbocycles. The van der Waals surface area contributed by atoms with Gasteiger partial charge in [0.1, 0.15) is 6.10 Å². The average Bonchev–Trinajstić information content (AvgIpc) is 2.97. The van der Waals surface area contributed by atoms with Crippen LogP contribution in [0.25, 0.3) is 0 Å². The SMILES string of the molecule is O=C(OC1C[C@@H]2C[C@@H]2C1)c1ccc([N+](=O)[O-])cc1. The first-order valence-electron chi connectivity index (χ1n) is 6.09. The van der Waals surface area contributed by atoms with E-state index in [4.69, 9.17) is 4.74 Å². The Morgan fingerprint density at radius 3 is 2.33 bits per heavy atom. The minimum Gasteiger partial charge on any atom is -0.459 e. The van der Waals surface area contributed by atoms with Gasteiger partial charge < -0.3 is 4.74 Å². The Morgan fingerprint density at radius 1 is 1.17 bits per heavy atom. The molecule has 1 unspecified atom stereocenters. The van der Waals surface area contributed by atoms with Crippen LogP contribution in [0.3, 0.4) is 0 Å². The first kappa shape index (κ1) is 11.2. The number of nitro benzene ring substituents is 1. The summed E-state index contributed by atoms with van der Waals surface area (Å²) in [6.45, 7) is 0. The third-order valence-electron chi connectivity index (χ3n) is 3.79. The van der Waals surface area contributed by atoms with Gasteiger partial charge in [0, 0.05) is 12.1 Å². The monoisotopic (exact) mass is 247 g/mol. The summed E-state index contributed by atoms with van der Waals surface area (Å²) < 4.78 is 5.39. The number of fused-ring (bicyclic) bond motifs is 1. The number of carbonyl (C=O) groups excluding carboxylic acids is 1. The highest BCUT2D eigenvalue weighted by molar-refractivity contribution is 5.89. The number of esters is 1. The Balaban J connectivity index is 1.62. The van der Waals surface area contributed by atoms with Crippen molar-refractivity contribution < 1.29 is 14.5 Å². The van der Waals surface area contributed by atoms with Gasteiger partial charge in [-0.05, 0) is 43.2 Å². The number of non-ortho nitro benzene ring substituents is 1. The number of nitro groups is 1. The van der Waals surface area contributed by atoms with E-state index in [-0.39, 0.29) is 17.8 Å². The number of nitrogens with zero attached hydrogens (tertiary/aromatic N) is 1. The number of benzene rings is 1. The van der Waals surface area contributed by atoms with E-state index in [0.29, 0.717) is 5.56 Å². The summed E-state index contributed by atoms with van der Waals surface area (Å²) in [5.74, 6) is 1.15. The highest BCUT2D eigenvalue weighted by atomic mass is 16.6. The predicted octanol–water partition coefficient (Wildman–Crippen LogP) is 2.55. The zero-order chi connectivity index (χ0) is 12.7. The Hall–Kier alpha value is -1.91. The largest absolute Gasteiger partial charge is 0.459 e. The number of rotatable bonds is 3. The van der Waals surface area contributed by atoms with Gasteiger partial charge >= 0.3 is 5.97 Å². The molecule has 1 aromatic carbocycles. The molecule has 5 heteroatoms. The molecule has 94 valence electrons. The van der Waals surface area contributed by atoms with Crippen molar-refractivity contribution in [1.82, 2.24) is 0 Å². The fraction of sp³-hybridized carbons (Fsp3) is 0.462. The molecule has 3 rings (SSSR count). The summed E-state index contributed by atoms with van der Waals surface area (Å²) in [6, 6.07) is 5.53. The summed E-state index contributed by atoms with van der Waals surface area (Å²) in [5.41, 5.74) is 0.356. The molecule has 0 bridgehead atoms. The van der Waals surface area contributed by atoms with Crippen molar-refractivity contribution in [3.8, 4) is 0 Å². The number of carbonyl (C=O) groups is 1. The summed E-state index contributed by atoms with van der Waals surface area (Å²) in [4.78, 5) is 21.8. The van der Waals surface area contributed by atoms with Crippen molar-refractivity contribution in [2.45, 2.75) is 25.4 Å². The maximum Gasteiger partial charge on any atom is 0.338 e. The van der Waals surface area contributed by atoms with Crippen molar-refractivity contribution in [3.63, 3.8) is 0 Å². The molecule has 0 heterocycles. The third-order valence-corrected chi connectivity index (χ3v) is 3.79. The van der Waals surface area contributed by atoms with Crippen LogP contribution in [0.15, 0.2) is 24.3 Å². The third kappa shape index (κ3) is 2.08. The van der Waals surface area contributed by atoms with Crippen molar-refractivity contribution in [1.29, 1.82) is 0 Å². The topological polar surface area (TPSA) is 69.4 Å². The second-order valence-electron chi connectivity index (χ2n) is 5.06. The number of hydrogen-bond acceptors (Lipinski definition) is 4. The lowest BCUT2D eigenvalue weighted by atomic mass is 10.2. The van der Waals surface area contributed by atoms with Crippen LogP contribution >= 0.6 is 0 Å². The highest BCUT2D eigenvalue weighted by Crippen LogP contribution is 2.52. The summed E-state index contributed by atoms with van der Waals surface area (Å²) in [5, 5.41) is 10.5. The molecule has 0 spiro atoms. The van der Waals surface area contributed by atoms with Gasteiger partial charge in [0.25, 0.3) is 5.69 Å². The minimum atomic E-state index is -0.486. The predicted molar refractivity (Wildman–Crippen MR) is 63.1 cm³/mol. The van der Waals surface area contributed by atoms with Gasteiger partial charge in [-0.15, -0.1) is 0 Å². The van der Waals surface area contributed by atoms with E-state index in [2.05, 4.69) is 0 Å². The Bertz CT molecular complexity index is 486. The van der Waals surface area contributed by atoms with Gasteiger partial charge in [-0.2, -0.15) is 0 Å². The number of hydrogen-bond donors (Lipinski definition) is 0. The first-order valence-corrected chi connectivity index (χ1v) is 6.09. The van der Waals surface area contributed by atoms with E-state index in [0.717, 1.165) is 24.7 Å². The molecule has 2 fully saturated rings. The van der Waals surface area contributed by atoms with Crippen LogP contribution in [-0.2, 0) is 4.74 Å². The van der Waals surface area contributed by atoms with Gasteiger partial charge in [-0.25, -0.2) is 4.79 Å². The van der Waals surface area contributed by atoms with E-state index in [1.807, 2.05) is 0 Å². The highest BCUT2D eigenvalue weighted by Gasteiger charge is 2.47. The maximum absolute atomic E-state index is 11.8. The van der Waals surface area contributed by atoms with Crippen LogP contribution in [0.2, 0.25) is 0 Å². The van der Waals surface area contributed by atoms with E-state index in [9.17, 15) is 14.9 Å². The first-order chi connectivity index (χ1) is 8.63. The van der Waals surface area contributed by atoms with Gasteiger partial charge in [0.2, 0.25) is 0 Å². The second kappa shape index (κ2) is 4.08. The standard InChI is InChI=1S/C13H13NO4/c15-13(18-12-6-9-5-10(9)7-12)8-1-3-11(4-2-8)14(16)17/h1-4,9-10,12H,5-7H2/t9-,10+,12?. The zero-order valence-electron chi connectivity index (χ0n) is 9.74. The molecule has 0 aliphatic heterocycles. The lowest BCUT2D eigenvalue weighted by Crippen LogP contribution is -2.16. The molecule has 1 aromatic rings. The molecule has 5 nitrogen and oxygen atoms in total. The normalized spacial score (nSPS) is 28.6. The minimum absolute atomic E-state index is 0.0198. The number of ether oxygens (including phenoxy) is 1. The molecule has 2 aliphatic carbocycles. The van der Waals surface area contributed by atoms with E-state index >= 15 is 0 Å².